The Kier molecular flexibility index (Phi) is 5.63. The molecule has 0 amide bonds. The van der Waals surface area contributed by atoms with Gasteiger partial charge in [0.25, 0.3) is 0 Å². The molecule has 122 valence electrons. The van der Waals surface area contributed by atoms with Gasteiger partial charge in [0.2, 0.25) is 0 Å². The number of rotatable bonds is 5. The number of piperazine rings is 1. The Bertz CT molecular complexity index is 343. The molecule has 0 atom stereocenters. The highest BCUT2D eigenvalue weighted by Gasteiger charge is 2.37. The van der Waals surface area contributed by atoms with Crippen LogP contribution in [0.5, 0.6) is 0 Å². The van der Waals surface area contributed by atoms with Crippen molar-refractivity contribution in [1.29, 1.82) is 0 Å². The van der Waals surface area contributed by atoms with E-state index in [1.165, 1.54) is 0 Å². The topological polar surface area (TPSA) is 64.0 Å². The Balaban J connectivity index is 1.74. The van der Waals surface area contributed by atoms with Crippen LogP contribution >= 0.6 is 0 Å². The second kappa shape index (κ2) is 7.07. The minimum atomic E-state index is -0.709. The van der Waals surface area contributed by atoms with E-state index in [0.717, 1.165) is 32.7 Å². The lowest BCUT2D eigenvalue weighted by Crippen LogP contribution is -2.53. The van der Waals surface area contributed by atoms with Crippen molar-refractivity contribution in [2.24, 2.45) is 11.8 Å². The van der Waals surface area contributed by atoms with Gasteiger partial charge in [0.05, 0.1) is 11.5 Å². The minimum Gasteiger partial charge on any atom is -0.481 e. The third kappa shape index (κ3) is 4.94. The molecule has 21 heavy (non-hydrogen) atoms. The lowest BCUT2D eigenvalue weighted by atomic mass is 9.78. The van der Waals surface area contributed by atoms with E-state index in [1.807, 2.05) is 0 Å². The summed E-state index contributed by atoms with van der Waals surface area (Å²) in [5.41, 5.74) is -0.674. The van der Waals surface area contributed by atoms with E-state index in [0.29, 0.717) is 38.1 Å². The molecule has 0 unspecified atom stereocenters. The Hall–Kier alpha value is -0.650. The van der Waals surface area contributed by atoms with Gasteiger partial charge < -0.3 is 15.1 Å². The summed E-state index contributed by atoms with van der Waals surface area (Å²) < 4.78 is 0. The first kappa shape index (κ1) is 16.7. The molecular weight excluding hydrogens is 268 g/mol. The first-order chi connectivity index (χ1) is 9.88. The molecule has 2 fully saturated rings. The highest BCUT2D eigenvalue weighted by molar-refractivity contribution is 5.70. The molecule has 0 aromatic carbocycles. The van der Waals surface area contributed by atoms with Crippen molar-refractivity contribution in [3.8, 4) is 0 Å². The zero-order valence-corrected chi connectivity index (χ0v) is 13.4. The average Bonchev–Trinajstić information content (AvgIpc) is 2.40. The van der Waals surface area contributed by atoms with Crippen molar-refractivity contribution in [1.82, 2.24) is 9.80 Å². The Morgan fingerprint density at radius 3 is 2.14 bits per heavy atom. The van der Waals surface area contributed by atoms with E-state index in [1.54, 1.807) is 0 Å². The lowest BCUT2D eigenvalue weighted by molar-refractivity contribution is -0.145. The van der Waals surface area contributed by atoms with Gasteiger partial charge in [0.1, 0.15) is 0 Å². The molecule has 1 heterocycles. The highest BCUT2D eigenvalue weighted by atomic mass is 16.4. The normalized spacial score (nSPS) is 32.5. The van der Waals surface area contributed by atoms with Crippen molar-refractivity contribution in [3.05, 3.63) is 0 Å². The number of nitrogens with zero attached hydrogens (tertiary/aromatic N) is 2. The standard InChI is InChI=1S/C16H30N2O3/c1-13(2)11-17-7-9-18(10-8-17)12-16(21)5-3-14(4-6-16)15(19)20/h13-14,21H,3-12H2,1-2H3,(H,19,20). The maximum absolute atomic E-state index is 11.0. The van der Waals surface area contributed by atoms with Crippen LogP contribution in [0.25, 0.3) is 0 Å². The van der Waals surface area contributed by atoms with Crippen LogP contribution < -0.4 is 0 Å². The number of aliphatic carboxylic acids is 1. The van der Waals surface area contributed by atoms with Crippen LogP contribution in [-0.4, -0.2) is 70.9 Å². The monoisotopic (exact) mass is 298 g/mol. The molecule has 0 spiro atoms. The molecule has 5 heteroatoms. The molecule has 0 aromatic heterocycles. The summed E-state index contributed by atoms with van der Waals surface area (Å²) in [6, 6.07) is 0. The molecule has 1 aliphatic carbocycles. The van der Waals surface area contributed by atoms with Crippen LogP contribution in [0.1, 0.15) is 39.5 Å². The second-order valence-corrected chi connectivity index (χ2v) is 7.31. The number of hydrogen-bond donors (Lipinski definition) is 2. The molecule has 0 radical (unpaired) electrons. The molecule has 1 saturated carbocycles. The van der Waals surface area contributed by atoms with Crippen LogP contribution in [0, 0.1) is 11.8 Å². The van der Waals surface area contributed by atoms with Gasteiger partial charge in [-0.05, 0) is 31.6 Å². The molecule has 2 aliphatic rings. The second-order valence-electron chi connectivity index (χ2n) is 7.31. The zero-order chi connectivity index (χ0) is 15.5. The van der Waals surface area contributed by atoms with Crippen molar-refractivity contribution < 1.29 is 15.0 Å². The summed E-state index contributed by atoms with van der Waals surface area (Å²) >= 11 is 0. The number of carboxylic acid groups (broad SMARTS) is 1. The van der Waals surface area contributed by atoms with Crippen molar-refractivity contribution in [2.45, 2.75) is 45.1 Å². The first-order valence-electron chi connectivity index (χ1n) is 8.28. The molecule has 1 saturated heterocycles. The SMILES string of the molecule is CC(C)CN1CCN(CC2(O)CCC(C(=O)O)CC2)CC1. The Morgan fingerprint density at radius 1 is 1.14 bits per heavy atom. The molecule has 1 aliphatic heterocycles. The molecular formula is C16H30N2O3. The predicted molar refractivity (Wildman–Crippen MR) is 82.3 cm³/mol. The van der Waals surface area contributed by atoms with Gasteiger partial charge in [-0.15, -0.1) is 0 Å². The minimum absolute atomic E-state index is 0.256. The van der Waals surface area contributed by atoms with Crippen molar-refractivity contribution in [2.75, 3.05) is 39.3 Å². The summed E-state index contributed by atoms with van der Waals surface area (Å²) in [6.07, 6.45) is 2.46. The summed E-state index contributed by atoms with van der Waals surface area (Å²) in [6.45, 7) is 10.5. The zero-order valence-electron chi connectivity index (χ0n) is 13.4. The number of carbonyl (C=O) groups is 1. The number of aliphatic hydroxyl groups is 1. The van der Waals surface area contributed by atoms with Gasteiger partial charge in [-0.1, -0.05) is 13.8 Å². The van der Waals surface area contributed by atoms with Crippen LogP contribution in [0.4, 0.5) is 0 Å². The van der Waals surface area contributed by atoms with E-state index < -0.39 is 11.6 Å². The predicted octanol–water partition coefficient (Wildman–Crippen LogP) is 1.27. The van der Waals surface area contributed by atoms with E-state index in [4.69, 9.17) is 5.11 Å². The first-order valence-corrected chi connectivity index (χ1v) is 8.28. The van der Waals surface area contributed by atoms with Crippen molar-refractivity contribution in [3.63, 3.8) is 0 Å². The third-order valence-electron chi connectivity index (χ3n) is 4.87. The fraction of sp³-hybridized carbons (Fsp3) is 0.938. The van der Waals surface area contributed by atoms with Crippen LogP contribution in [0.15, 0.2) is 0 Å². The van der Waals surface area contributed by atoms with Crippen LogP contribution in [0.3, 0.4) is 0 Å². The Labute approximate surface area is 127 Å². The largest absolute Gasteiger partial charge is 0.481 e. The van der Waals surface area contributed by atoms with Gasteiger partial charge in [-0.2, -0.15) is 0 Å². The van der Waals surface area contributed by atoms with Gasteiger partial charge in [0.15, 0.2) is 0 Å². The fourth-order valence-electron chi connectivity index (χ4n) is 3.62. The molecule has 2 rings (SSSR count). The average molecular weight is 298 g/mol. The Morgan fingerprint density at radius 2 is 1.67 bits per heavy atom. The van der Waals surface area contributed by atoms with Crippen LogP contribution in [-0.2, 0) is 4.79 Å². The smallest absolute Gasteiger partial charge is 0.306 e. The number of β-amino-alcohol motifs (C(OH)–C–C–N with tert-alkyl or cyclic N) is 1. The summed E-state index contributed by atoms with van der Waals surface area (Å²) in [4.78, 5) is 15.8. The third-order valence-corrected chi connectivity index (χ3v) is 4.87. The molecule has 0 aromatic rings. The molecule has 0 bridgehead atoms. The van der Waals surface area contributed by atoms with E-state index in [2.05, 4.69) is 23.6 Å². The summed E-state index contributed by atoms with van der Waals surface area (Å²) in [5, 5.41) is 19.7. The van der Waals surface area contributed by atoms with E-state index >= 15 is 0 Å². The van der Waals surface area contributed by atoms with E-state index in [-0.39, 0.29) is 5.92 Å². The molecule has 2 N–H and O–H groups in total. The quantitative estimate of drug-likeness (QED) is 0.800. The van der Waals surface area contributed by atoms with Crippen molar-refractivity contribution >= 4 is 5.97 Å². The molecule has 5 nitrogen and oxygen atoms in total. The van der Waals surface area contributed by atoms with Crippen LogP contribution in [0.2, 0.25) is 0 Å². The summed E-state index contributed by atoms with van der Waals surface area (Å²) in [7, 11) is 0. The highest BCUT2D eigenvalue weighted by Crippen LogP contribution is 2.33. The maximum atomic E-state index is 11.0. The summed E-state index contributed by atoms with van der Waals surface area (Å²) in [5.74, 6) is -0.264. The number of carboxylic acids is 1. The number of hydrogen-bond acceptors (Lipinski definition) is 4. The van der Waals surface area contributed by atoms with E-state index in [9.17, 15) is 9.90 Å². The lowest BCUT2D eigenvalue weighted by Gasteiger charge is -2.42. The van der Waals surface area contributed by atoms with Gasteiger partial charge in [-0.25, -0.2) is 0 Å². The fourth-order valence-corrected chi connectivity index (χ4v) is 3.62. The van der Waals surface area contributed by atoms with Gasteiger partial charge in [0, 0.05) is 39.3 Å². The maximum Gasteiger partial charge on any atom is 0.306 e. The van der Waals surface area contributed by atoms with Gasteiger partial charge in [-0.3, -0.25) is 9.69 Å². The van der Waals surface area contributed by atoms with Gasteiger partial charge >= 0.3 is 5.97 Å².